The summed E-state index contributed by atoms with van der Waals surface area (Å²) < 4.78 is 52.4. The monoisotopic (exact) mass is 391 g/mol. The van der Waals surface area contributed by atoms with Crippen LogP contribution < -0.4 is 4.31 Å². The molecule has 138 valence electrons. The summed E-state index contributed by atoms with van der Waals surface area (Å²) in [6, 6.07) is 12.4. The Morgan fingerprint density at radius 2 is 1.62 bits per heavy atom. The molecule has 0 aliphatic carbocycles. The van der Waals surface area contributed by atoms with Crippen LogP contribution in [0, 0.1) is 6.92 Å². The minimum Gasteiger partial charge on any atom is -0.241 e. The summed E-state index contributed by atoms with van der Waals surface area (Å²) in [5.74, 6) is -0.279. The summed E-state index contributed by atoms with van der Waals surface area (Å²) in [5, 5.41) is 0. The van der Waals surface area contributed by atoms with Crippen LogP contribution in [0.2, 0.25) is 0 Å². The van der Waals surface area contributed by atoms with Gasteiger partial charge in [-0.25, -0.2) is 21.1 Å². The number of rotatable bonds is 7. The topological polar surface area (TPSA) is 71.5 Å². The third-order valence-electron chi connectivity index (χ3n) is 3.64. The van der Waals surface area contributed by atoms with Gasteiger partial charge in [-0.3, -0.25) is 0 Å². The van der Waals surface area contributed by atoms with Crippen LogP contribution in [0.1, 0.15) is 12.5 Å². The van der Waals surface area contributed by atoms with E-state index < -0.39 is 19.9 Å². The number of sulfonamides is 1. The molecule has 26 heavy (non-hydrogen) atoms. The van der Waals surface area contributed by atoms with Gasteiger partial charge in [-0.15, -0.1) is 6.58 Å². The van der Waals surface area contributed by atoms with Crippen molar-refractivity contribution in [3.63, 3.8) is 0 Å². The van der Waals surface area contributed by atoms with E-state index in [0.717, 1.165) is 9.87 Å². The number of anilines is 1. The Kier molecular flexibility index (Phi) is 6.05. The van der Waals surface area contributed by atoms with Crippen molar-refractivity contribution in [3.05, 3.63) is 79.0 Å². The van der Waals surface area contributed by atoms with Gasteiger partial charge in [0.25, 0.3) is 10.0 Å². The van der Waals surface area contributed by atoms with Gasteiger partial charge in [-0.2, -0.15) is 0 Å². The molecular weight excluding hydrogens is 370 g/mol. The van der Waals surface area contributed by atoms with Crippen LogP contribution in [0.4, 0.5) is 5.69 Å². The standard InChI is InChI=1S/C19H21NO4S2/c1-4-14-20(26(23,24)17-12-10-16(3)11-13-17)18-8-6-7-9-19(18)25(21,22)15-5-2/h4-14H,2,15H2,1,3H3/b14-4+. The molecule has 0 atom stereocenters. The van der Waals surface area contributed by atoms with Gasteiger partial charge in [-0.05, 0) is 38.1 Å². The fraction of sp³-hybridized carbons (Fsp3) is 0.158. The highest BCUT2D eigenvalue weighted by Gasteiger charge is 2.28. The molecule has 0 saturated carbocycles. The average molecular weight is 392 g/mol. The second-order valence-corrected chi connectivity index (χ2v) is 9.45. The van der Waals surface area contributed by atoms with E-state index >= 15 is 0 Å². The first-order valence-electron chi connectivity index (χ1n) is 7.90. The van der Waals surface area contributed by atoms with Crippen molar-refractivity contribution in [3.8, 4) is 0 Å². The summed E-state index contributed by atoms with van der Waals surface area (Å²) in [6.07, 6.45) is 4.17. The first-order chi connectivity index (χ1) is 12.2. The van der Waals surface area contributed by atoms with E-state index in [9.17, 15) is 16.8 Å². The molecule has 7 heteroatoms. The second kappa shape index (κ2) is 7.88. The molecular formula is C19H21NO4S2. The van der Waals surface area contributed by atoms with E-state index in [0.29, 0.717) is 0 Å². The summed E-state index contributed by atoms with van der Waals surface area (Å²) in [4.78, 5) is 0.0193. The molecule has 0 spiro atoms. The van der Waals surface area contributed by atoms with Gasteiger partial charge in [0.05, 0.1) is 21.2 Å². The van der Waals surface area contributed by atoms with Crippen molar-refractivity contribution in [1.29, 1.82) is 0 Å². The Bertz CT molecular complexity index is 1020. The maximum atomic E-state index is 13.1. The van der Waals surface area contributed by atoms with E-state index in [4.69, 9.17) is 0 Å². The summed E-state index contributed by atoms with van der Waals surface area (Å²) in [7, 11) is -7.69. The lowest BCUT2D eigenvalue weighted by molar-refractivity contribution is 0.595. The highest BCUT2D eigenvalue weighted by atomic mass is 32.2. The normalized spacial score (nSPS) is 12.2. The minimum absolute atomic E-state index is 0.0614. The quantitative estimate of drug-likeness (QED) is 0.675. The number of benzene rings is 2. The molecule has 2 rings (SSSR count). The zero-order valence-electron chi connectivity index (χ0n) is 14.7. The van der Waals surface area contributed by atoms with Gasteiger partial charge < -0.3 is 0 Å². The maximum absolute atomic E-state index is 13.1. The summed E-state index contributed by atoms with van der Waals surface area (Å²) in [6.45, 7) is 6.99. The number of aryl methyl sites for hydroxylation is 1. The van der Waals surface area contributed by atoms with Crippen molar-refractivity contribution in [2.75, 3.05) is 10.1 Å². The molecule has 0 aromatic heterocycles. The van der Waals surface area contributed by atoms with Crippen molar-refractivity contribution in [1.82, 2.24) is 0 Å². The van der Waals surface area contributed by atoms with Crippen LogP contribution in [0.15, 0.2) is 83.3 Å². The molecule has 0 radical (unpaired) electrons. The zero-order valence-corrected chi connectivity index (χ0v) is 16.3. The van der Waals surface area contributed by atoms with Crippen LogP contribution in [-0.2, 0) is 19.9 Å². The van der Waals surface area contributed by atoms with Crippen LogP contribution in [0.25, 0.3) is 0 Å². The maximum Gasteiger partial charge on any atom is 0.268 e. The van der Waals surface area contributed by atoms with E-state index in [-0.39, 0.29) is 21.2 Å². The Balaban J connectivity index is 2.70. The molecule has 0 bridgehead atoms. The first kappa shape index (κ1) is 19.9. The third-order valence-corrected chi connectivity index (χ3v) is 7.03. The zero-order chi connectivity index (χ0) is 19.4. The second-order valence-electron chi connectivity index (χ2n) is 5.63. The molecule has 0 heterocycles. The van der Waals surface area contributed by atoms with E-state index in [1.165, 1.54) is 36.5 Å². The van der Waals surface area contributed by atoms with Crippen LogP contribution in [-0.4, -0.2) is 22.6 Å². The number of hydrogen-bond acceptors (Lipinski definition) is 4. The Morgan fingerprint density at radius 1 is 1.00 bits per heavy atom. The number of allylic oxidation sites excluding steroid dienone is 1. The number of para-hydroxylation sites is 1. The lowest BCUT2D eigenvalue weighted by Gasteiger charge is -2.23. The molecule has 0 aliphatic rings. The Labute approximate surface area is 155 Å². The van der Waals surface area contributed by atoms with Gasteiger partial charge >= 0.3 is 0 Å². The van der Waals surface area contributed by atoms with Gasteiger partial charge in [-0.1, -0.05) is 42.0 Å². The lowest BCUT2D eigenvalue weighted by Crippen LogP contribution is -2.27. The third kappa shape index (κ3) is 4.05. The van der Waals surface area contributed by atoms with Crippen LogP contribution >= 0.6 is 0 Å². The van der Waals surface area contributed by atoms with Gasteiger partial charge in [0.2, 0.25) is 0 Å². The molecule has 0 saturated heterocycles. The van der Waals surface area contributed by atoms with Crippen molar-refractivity contribution >= 4 is 25.5 Å². The van der Waals surface area contributed by atoms with Crippen molar-refractivity contribution < 1.29 is 16.8 Å². The molecule has 0 fully saturated rings. The Hall–Kier alpha value is -2.38. The van der Waals surface area contributed by atoms with E-state index in [1.54, 1.807) is 37.3 Å². The highest BCUT2D eigenvalue weighted by molar-refractivity contribution is 7.93. The molecule has 2 aromatic rings. The van der Waals surface area contributed by atoms with Gasteiger partial charge in [0.15, 0.2) is 9.84 Å². The van der Waals surface area contributed by atoms with E-state index in [1.807, 2.05) is 6.92 Å². The van der Waals surface area contributed by atoms with Crippen molar-refractivity contribution in [2.45, 2.75) is 23.6 Å². The molecule has 0 N–H and O–H groups in total. The Morgan fingerprint density at radius 3 is 2.19 bits per heavy atom. The lowest BCUT2D eigenvalue weighted by atomic mass is 10.2. The molecule has 5 nitrogen and oxygen atoms in total. The molecule has 0 amide bonds. The molecule has 0 unspecified atom stereocenters. The highest BCUT2D eigenvalue weighted by Crippen LogP contribution is 2.31. The number of sulfone groups is 1. The molecule has 2 aromatic carbocycles. The molecule has 0 aliphatic heterocycles. The summed E-state index contributed by atoms with van der Waals surface area (Å²) >= 11 is 0. The number of nitrogens with zero attached hydrogens (tertiary/aromatic N) is 1. The average Bonchev–Trinajstić information content (AvgIpc) is 2.60. The largest absolute Gasteiger partial charge is 0.268 e. The predicted octanol–water partition coefficient (Wildman–Crippen LogP) is 3.68. The van der Waals surface area contributed by atoms with Gasteiger partial charge in [0, 0.05) is 6.20 Å². The fourth-order valence-electron chi connectivity index (χ4n) is 2.40. The van der Waals surface area contributed by atoms with Gasteiger partial charge in [0.1, 0.15) is 0 Å². The fourth-order valence-corrected chi connectivity index (χ4v) is 5.12. The minimum atomic E-state index is -3.97. The van der Waals surface area contributed by atoms with Crippen molar-refractivity contribution in [2.24, 2.45) is 0 Å². The van der Waals surface area contributed by atoms with E-state index in [2.05, 4.69) is 6.58 Å². The summed E-state index contributed by atoms with van der Waals surface area (Å²) in [5.41, 5.74) is 1.00. The van der Waals surface area contributed by atoms with Crippen LogP contribution in [0.5, 0.6) is 0 Å². The smallest absolute Gasteiger partial charge is 0.241 e. The SMILES string of the molecule is C=CCS(=O)(=O)c1ccccc1N(/C=C/C)S(=O)(=O)c1ccc(C)cc1. The van der Waals surface area contributed by atoms with Crippen LogP contribution in [0.3, 0.4) is 0 Å². The first-order valence-corrected chi connectivity index (χ1v) is 11.0. The number of hydrogen-bond donors (Lipinski definition) is 0. The predicted molar refractivity (Wildman–Crippen MR) is 104 cm³/mol.